The van der Waals surface area contributed by atoms with Crippen LogP contribution in [0.25, 0.3) is 11.1 Å². The minimum Gasteiger partial charge on any atom is -0.448 e. The van der Waals surface area contributed by atoms with Crippen LogP contribution in [0.3, 0.4) is 0 Å². The van der Waals surface area contributed by atoms with Crippen molar-refractivity contribution in [3.05, 3.63) is 106 Å². The number of benzene rings is 3. The van der Waals surface area contributed by atoms with Crippen molar-refractivity contribution in [2.75, 3.05) is 19.8 Å². The van der Waals surface area contributed by atoms with Crippen LogP contribution in [-0.4, -0.2) is 42.9 Å². The van der Waals surface area contributed by atoms with Gasteiger partial charge in [0.2, 0.25) is 0 Å². The molecule has 4 nitrogen and oxygen atoms in total. The van der Waals surface area contributed by atoms with E-state index in [0.717, 1.165) is 28.8 Å². The van der Waals surface area contributed by atoms with E-state index in [1.54, 1.807) is 4.90 Å². The van der Waals surface area contributed by atoms with Gasteiger partial charge in [-0.05, 0) is 52.8 Å². The van der Waals surface area contributed by atoms with E-state index in [4.69, 9.17) is 9.47 Å². The molecule has 6 rings (SSSR count). The van der Waals surface area contributed by atoms with Gasteiger partial charge in [-0.1, -0.05) is 60.2 Å². The number of amides is 1. The summed E-state index contributed by atoms with van der Waals surface area (Å²) < 4.78 is 52.2. The Bertz CT molecular complexity index is 1300. The summed E-state index contributed by atoms with van der Waals surface area (Å²) in [4.78, 5) is 15.0. The van der Waals surface area contributed by atoms with Gasteiger partial charge in [0.05, 0.1) is 25.3 Å². The summed E-state index contributed by atoms with van der Waals surface area (Å²) in [5.41, 5.74) is 5.91. The summed E-state index contributed by atoms with van der Waals surface area (Å²) in [5, 5.41) is 0. The minimum absolute atomic E-state index is 0.0309. The average molecular weight is 492 g/mol. The third kappa shape index (κ3) is 3.97. The van der Waals surface area contributed by atoms with Crippen LogP contribution in [0.2, 0.25) is 0 Å². The van der Waals surface area contributed by atoms with E-state index in [1.165, 1.54) is 11.1 Å². The van der Waals surface area contributed by atoms with Crippen molar-refractivity contribution < 1.29 is 27.4 Å². The molecule has 2 unspecified atom stereocenters. The fourth-order valence-corrected chi connectivity index (χ4v) is 5.74. The number of nitrogens with zero attached hydrogens (tertiary/aromatic N) is 1. The van der Waals surface area contributed by atoms with Gasteiger partial charge in [0, 0.05) is 5.92 Å². The Morgan fingerprint density at radius 1 is 0.944 bits per heavy atom. The lowest BCUT2D eigenvalue weighted by atomic mass is 9.90. The van der Waals surface area contributed by atoms with Crippen molar-refractivity contribution in [1.29, 1.82) is 0 Å². The van der Waals surface area contributed by atoms with Crippen molar-refractivity contribution in [3.8, 4) is 11.1 Å². The van der Waals surface area contributed by atoms with Gasteiger partial charge in [0.25, 0.3) is 0 Å². The largest absolute Gasteiger partial charge is 0.448 e. The lowest BCUT2D eigenvalue weighted by Crippen LogP contribution is -2.56. The summed E-state index contributed by atoms with van der Waals surface area (Å²) >= 11 is 0. The van der Waals surface area contributed by atoms with Gasteiger partial charge < -0.3 is 9.47 Å². The molecule has 1 amide bonds. The molecule has 3 aromatic rings. The van der Waals surface area contributed by atoms with Crippen LogP contribution in [0.1, 0.15) is 29.0 Å². The smallest absolute Gasteiger partial charge is 0.410 e. The molecule has 0 N–H and O–H groups in total. The van der Waals surface area contributed by atoms with E-state index in [0.29, 0.717) is 25.2 Å². The van der Waals surface area contributed by atoms with Crippen LogP contribution >= 0.6 is 0 Å². The molecular weight excluding hydrogens is 467 g/mol. The number of halogens is 3. The molecule has 0 radical (unpaired) electrons. The monoisotopic (exact) mass is 491 g/mol. The van der Waals surface area contributed by atoms with E-state index in [1.807, 2.05) is 30.3 Å². The molecule has 0 saturated carbocycles. The first-order chi connectivity index (χ1) is 17.5. The number of morpholine rings is 1. The molecule has 36 heavy (non-hydrogen) atoms. The Morgan fingerprint density at radius 3 is 2.22 bits per heavy atom. The SMILES string of the molecule is O=C(OCC1c2ccccc2-c2ccccc21)N1C2C=C(Cc3cc(F)c(F)c(F)c3)CC1COC2. The second-order valence-electron chi connectivity index (χ2n) is 9.55. The summed E-state index contributed by atoms with van der Waals surface area (Å²) in [5.74, 6) is -3.91. The number of rotatable bonds is 4. The van der Waals surface area contributed by atoms with E-state index < -0.39 is 23.5 Å². The standard InChI is InChI=1S/C29H24F3NO3/c30-26-12-18(13-27(31)28(26)32)9-17-10-19-14-35-15-20(11-17)33(19)29(34)36-16-25-23-7-3-1-5-21(23)22-6-2-4-8-24(22)25/h1-8,10,12-13,19-20,25H,9,11,14-16H2. The molecule has 0 aromatic heterocycles. The first-order valence-corrected chi connectivity index (χ1v) is 12.0. The van der Waals surface area contributed by atoms with Gasteiger partial charge in [-0.3, -0.25) is 4.90 Å². The number of hydrogen-bond donors (Lipinski definition) is 0. The molecule has 7 heteroatoms. The molecular formula is C29H24F3NO3. The first kappa shape index (κ1) is 22.9. The van der Waals surface area contributed by atoms with Crippen molar-refractivity contribution >= 4 is 6.09 Å². The van der Waals surface area contributed by atoms with Gasteiger partial charge >= 0.3 is 6.09 Å². The van der Waals surface area contributed by atoms with Gasteiger partial charge in [-0.15, -0.1) is 0 Å². The summed E-state index contributed by atoms with van der Waals surface area (Å²) in [6.07, 6.45) is 2.27. The Kier molecular flexibility index (Phi) is 5.80. The zero-order chi connectivity index (χ0) is 24.8. The highest BCUT2D eigenvalue weighted by molar-refractivity contribution is 5.79. The number of hydrogen-bond acceptors (Lipinski definition) is 3. The van der Waals surface area contributed by atoms with Gasteiger partial charge in [-0.25, -0.2) is 18.0 Å². The lowest BCUT2D eigenvalue weighted by Gasteiger charge is -2.44. The first-order valence-electron chi connectivity index (χ1n) is 12.0. The molecule has 2 aliphatic heterocycles. The highest BCUT2D eigenvalue weighted by atomic mass is 19.2. The third-order valence-corrected chi connectivity index (χ3v) is 7.30. The molecule has 184 valence electrons. The topological polar surface area (TPSA) is 38.8 Å². The van der Waals surface area contributed by atoms with Crippen LogP contribution < -0.4 is 0 Å². The second kappa shape index (κ2) is 9.13. The fraction of sp³-hybridized carbons (Fsp3) is 0.276. The van der Waals surface area contributed by atoms with Gasteiger partial charge in [0.1, 0.15) is 6.61 Å². The Labute approximate surface area is 206 Å². The lowest BCUT2D eigenvalue weighted by molar-refractivity contribution is -0.0363. The van der Waals surface area contributed by atoms with Crippen molar-refractivity contribution in [3.63, 3.8) is 0 Å². The fourth-order valence-electron chi connectivity index (χ4n) is 5.74. The molecule has 3 aliphatic rings. The zero-order valence-corrected chi connectivity index (χ0v) is 19.4. The van der Waals surface area contributed by atoms with Gasteiger partial charge in [0.15, 0.2) is 17.5 Å². The molecule has 1 fully saturated rings. The Balaban J connectivity index is 1.18. The normalized spacial score (nSPS) is 20.5. The molecule has 2 bridgehead atoms. The number of carbonyl (C=O) groups excluding carboxylic acids is 1. The average Bonchev–Trinajstić information content (AvgIpc) is 3.19. The summed E-state index contributed by atoms with van der Waals surface area (Å²) in [6, 6.07) is 17.8. The van der Waals surface area contributed by atoms with Crippen LogP contribution in [0.15, 0.2) is 72.3 Å². The maximum atomic E-state index is 13.7. The maximum absolute atomic E-state index is 13.7. The van der Waals surface area contributed by atoms with E-state index >= 15 is 0 Å². The predicted octanol–water partition coefficient (Wildman–Crippen LogP) is 6.00. The van der Waals surface area contributed by atoms with Crippen LogP contribution in [0.4, 0.5) is 18.0 Å². The third-order valence-electron chi connectivity index (χ3n) is 7.30. The Hall–Kier alpha value is -3.58. The van der Waals surface area contributed by atoms with Crippen LogP contribution in [-0.2, 0) is 15.9 Å². The minimum atomic E-state index is -1.47. The highest BCUT2D eigenvalue weighted by Crippen LogP contribution is 2.44. The summed E-state index contributed by atoms with van der Waals surface area (Å²) in [7, 11) is 0. The van der Waals surface area contributed by atoms with Crippen LogP contribution in [0.5, 0.6) is 0 Å². The molecule has 1 aliphatic carbocycles. The van der Waals surface area contributed by atoms with E-state index in [-0.39, 0.29) is 31.0 Å². The maximum Gasteiger partial charge on any atom is 0.410 e. The number of ether oxygens (including phenoxy) is 2. The highest BCUT2D eigenvalue weighted by Gasteiger charge is 2.39. The van der Waals surface area contributed by atoms with Crippen molar-refractivity contribution in [1.82, 2.24) is 4.90 Å². The predicted molar refractivity (Wildman–Crippen MR) is 128 cm³/mol. The van der Waals surface area contributed by atoms with Crippen molar-refractivity contribution in [2.24, 2.45) is 0 Å². The molecule has 2 atom stereocenters. The van der Waals surface area contributed by atoms with E-state index in [2.05, 4.69) is 24.3 Å². The molecule has 2 heterocycles. The molecule has 0 spiro atoms. The zero-order valence-electron chi connectivity index (χ0n) is 19.4. The second-order valence-corrected chi connectivity index (χ2v) is 9.55. The number of fused-ring (bicyclic) bond motifs is 5. The summed E-state index contributed by atoms with van der Waals surface area (Å²) in [6.45, 7) is 0.898. The van der Waals surface area contributed by atoms with Crippen molar-refractivity contribution in [2.45, 2.75) is 30.8 Å². The molecule has 3 aromatic carbocycles. The van der Waals surface area contributed by atoms with Crippen LogP contribution in [0, 0.1) is 17.5 Å². The Morgan fingerprint density at radius 2 is 1.58 bits per heavy atom. The molecule has 1 saturated heterocycles. The quantitative estimate of drug-likeness (QED) is 0.332. The van der Waals surface area contributed by atoms with E-state index in [9.17, 15) is 18.0 Å². The number of carbonyl (C=O) groups is 1. The van der Waals surface area contributed by atoms with Gasteiger partial charge in [-0.2, -0.15) is 0 Å².